The number of primary amides is 1. The van der Waals surface area contributed by atoms with Crippen molar-refractivity contribution in [3.05, 3.63) is 94.6 Å². The van der Waals surface area contributed by atoms with Gasteiger partial charge in [-0.3, -0.25) is 9.59 Å². The molecule has 8 heteroatoms. The molecular weight excluding hydrogens is 536 g/mol. The highest BCUT2D eigenvalue weighted by Gasteiger charge is 2.50. The Kier molecular flexibility index (Phi) is 10.00. The van der Waals surface area contributed by atoms with Crippen molar-refractivity contribution in [1.29, 1.82) is 0 Å². The van der Waals surface area contributed by atoms with E-state index in [9.17, 15) is 23.5 Å². The molecule has 2 aliphatic rings. The third-order valence-electron chi connectivity index (χ3n) is 8.61. The van der Waals surface area contributed by atoms with Crippen LogP contribution in [0.15, 0.2) is 71.8 Å². The molecule has 0 aromatic heterocycles. The smallest absolute Gasteiger partial charge is 0.249 e. The summed E-state index contributed by atoms with van der Waals surface area (Å²) in [5, 5.41) is 15.3. The molecule has 226 valence electrons. The Bertz CT molecular complexity index is 1310. The average Bonchev–Trinajstić information content (AvgIpc) is 3.75. The zero-order chi connectivity index (χ0) is 30.5. The Morgan fingerprint density at radius 2 is 1.67 bits per heavy atom. The van der Waals surface area contributed by atoms with Crippen molar-refractivity contribution in [2.75, 3.05) is 19.6 Å². The number of carbonyl (C=O) groups is 2. The van der Waals surface area contributed by atoms with Crippen molar-refractivity contribution >= 4 is 11.8 Å². The van der Waals surface area contributed by atoms with E-state index >= 15 is 0 Å². The predicted octanol–water partition coefficient (Wildman–Crippen LogP) is 5.16. The molecule has 2 aromatic rings. The summed E-state index contributed by atoms with van der Waals surface area (Å²) >= 11 is 0. The van der Waals surface area contributed by atoms with Crippen molar-refractivity contribution in [2.45, 2.75) is 70.9 Å². The van der Waals surface area contributed by atoms with Gasteiger partial charge in [-0.05, 0) is 68.7 Å². The molecule has 2 aliphatic carbocycles. The standard InChI is InChI=1S/C34H43F2N3O3/c1-4-13-39(14-5-2)31(41)25-15-23(3)20-33(21-25,32(37)42)29(18-24-16-27(35)19-28(36)17-24)30(40)22-38-34(11-12-34)26-9-7-6-8-10-26/h6-10,15-17,19-20,29-30,38,40H,4-5,11-14,18,21-22H2,1-3H3,(H2,37,42)/t29-,30+,33?/m1/s1. The Morgan fingerprint density at radius 3 is 2.21 bits per heavy atom. The number of allylic oxidation sites excluding steroid dienone is 2. The van der Waals surface area contributed by atoms with Crippen LogP contribution < -0.4 is 11.1 Å². The molecule has 0 spiro atoms. The van der Waals surface area contributed by atoms with Crippen LogP contribution in [-0.4, -0.2) is 47.6 Å². The van der Waals surface area contributed by atoms with Crippen LogP contribution in [0, 0.1) is 23.0 Å². The number of carbonyl (C=O) groups excluding carboxylic acids is 2. The maximum absolute atomic E-state index is 14.3. The van der Waals surface area contributed by atoms with Gasteiger partial charge in [0, 0.05) is 42.7 Å². The second-order valence-electron chi connectivity index (χ2n) is 11.9. The van der Waals surface area contributed by atoms with Gasteiger partial charge in [-0.15, -0.1) is 0 Å². The Labute approximate surface area is 247 Å². The highest BCUT2D eigenvalue weighted by atomic mass is 19.1. The summed E-state index contributed by atoms with van der Waals surface area (Å²) in [6.45, 7) is 7.09. The first-order valence-electron chi connectivity index (χ1n) is 15.0. The van der Waals surface area contributed by atoms with Gasteiger partial charge in [-0.2, -0.15) is 0 Å². The van der Waals surface area contributed by atoms with E-state index in [-0.39, 0.29) is 30.8 Å². The molecule has 0 saturated heterocycles. The maximum atomic E-state index is 14.3. The third kappa shape index (κ3) is 6.98. The zero-order valence-corrected chi connectivity index (χ0v) is 24.8. The van der Waals surface area contributed by atoms with Gasteiger partial charge in [0.25, 0.3) is 0 Å². The van der Waals surface area contributed by atoms with Gasteiger partial charge in [0.1, 0.15) is 11.6 Å². The minimum Gasteiger partial charge on any atom is -0.391 e. The normalized spacial score (nSPS) is 20.7. The molecule has 0 radical (unpaired) electrons. The van der Waals surface area contributed by atoms with Crippen LogP contribution in [0.4, 0.5) is 8.78 Å². The van der Waals surface area contributed by atoms with E-state index in [1.165, 1.54) is 12.1 Å². The second-order valence-corrected chi connectivity index (χ2v) is 11.9. The topological polar surface area (TPSA) is 95.7 Å². The first-order valence-corrected chi connectivity index (χ1v) is 15.0. The van der Waals surface area contributed by atoms with Crippen LogP contribution in [0.25, 0.3) is 0 Å². The van der Waals surface area contributed by atoms with Crippen LogP contribution in [0.2, 0.25) is 0 Å². The van der Waals surface area contributed by atoms with Crippen LogP contribution in [0.5, 0.6) is 0 Å². The summed E-state index contributed by atoms with van der Waals surface area (Å²) in [5.41, 5.74) is 6.93. The molecule has 1 fully saturated rings. The number of hydrogen-bond acceptors (Lipinski definition) is 4. The minimum absolute atomic E-state index is 0.00815. The molecule has 6 nitrogen and oxygen atoms in total. The molecule has 0 aliphatic heterocycles. The lowest BCUT2D eigenvalue weighted by Gasteiger charge is -2.42. The summed E-state index contributed by atoms with van der Waals surface area (Å²) in [7, 11) is 0. The number of aliphatic hydroxyl groups excluding tert-OH is 1. The van der Waals surface area contributed by atoms with Gasteiger partial charge >= 0.3 is 0 Å². The van der Waals surface area contributed by atoms with Crippen molar-refractivity contribution in [3.63, 3.8) is 0 Å². The molecule has 4 rings (SSSR count). The third-order valence-corrected chi connectivity index (χ3v) is 8.61. The first kappa shape index (κ1) is 31.6. The largest absolute Gasteiger partial charge is 0.391 e. The molecule has 1 saturated carbocycles. The van der Waals surface area contributed by atoms with Gasteiger partial charge < -0.3 is 21.1 Å². The number of rotatable bonds is 14. The Hall–Kier alpha value is -3.36. The summed E-state index contributed by atoms with van der Waals surface area (Å²) in [5.74, 6) is -3.21. The monoisotopic (exact) mass is 579 g/mol. The molecule has 2 amide bonds. The van der Waals surface area contributed by atoms with Crippen molar-refractivity contribution in [1.82, 2.24) is 10.2 Å². The highest BCUT2D eigenvalue weighted by Crippen LogP contribution is 2.47. The fraction of sp³-hybridized carbons (Fsp3) is 0.471. The SMILES string of the molecule is CCCN(CCC)C(=O)C1=CC(C)=CC(C(N)=O)([C@H](Cc2cc(F)cc(F)c2)[C@@H](O)CNC2(c3ccccc3)CC2)C1. The molecule has 0 heterocycles. The van der Waals surface area contributed by atoms with Crippen LogP contribution >= 0.6 is 0 Å². The lowest BCUT2D eigenvalue weighted by atomic mass is 9.63. The number of hydrogen-bond donors (Lipinski definition) is 3. The quantitative estimate of drug-likeness (QED) is 0.288. The average molecular weight is 580 g/mol. The van der Waals surface area contributed by atoms with E-state index in [4.69, 9.17) is 5.73 Å². The van der Waals surface area contributed by atoms with E-state index in [2.05, 4.69) is 5.32 Å². The summed E-state index contributed by atoms with van der Waals surface area (Å²) in [4.78, 5) is 28.9. The Balaban J connectivity index is 1.70. The van der Waals surface area contributed by atoms with E-state index in [0.717, 1.165) is 37.3 Å². The van der Waals surface area contributed by atoms with Gasteiger partial charge in [-0.1, -0.05) is 61.9 Å². The first-order chi connectivity index (χ1) is 20.0. The molecule has 2 aromatic carbocycles. The number of nitrogens with two attached hydrogens (primary N) is 1. The molecule has 42 heavy (non-hydrogen) atoms. The van der Waals surface area contributed by atoms with E-state index in [1.54, 1.807) is 24.0 Å². The van der Waals surface area contributed by atoms with Crippen molar-refractivity contribution in [2.24, 2.45) is 17.1 Å². The number of amides is 2. The molecule has 3 atom stereocenters. The van der Waals surface area contributed by atoms with E-state index in [0.29, 0.717) is 29.8 Å². The van der Waals surface area contributed by atoms with E-state index < -0.39 is 35.0 Å². The second kappa shape index (κ2) is 13.3. The number of aliphatic hydroxyl groups is 1. The van der Waals surface area contributed by atoms with Gasteiger partial charge in [0.15, 0.2) is 0 Å². The minimum atomic E-state index is -1.46. The maximum Gasteiger partial charge on any atom is 0.249 e. The van der Waals surface area contributed by atoms with E-state index in [1.807, 2.05) is 44.2 Å². The number of halogens is 2. The molecular formula is C34H43F2N3O3. The summed E-state index contributed by atoms with van der Waals surface area (Å²) < 4.78 is 28.5. The lowest BCUT2D eigenvalue weighted by Crippen LogP contribution is -2.52. The summed E-state index contributed by atoms with van der Waals surface area (Å²) in [6, 6.07) is 13.2. The van der Waals surface area contributed by atoms with Gasteiger partial charge in [0.05, 0.1) is 11.5 Å². The van der Waals surface area contributed by atoms with Crippen molar-refractivity contribution in [3.8, 4) is 0 Å². The Morgan fingerprint density at radius 1 is 1.05 bits per heavy atom. The highest BCUT2D eigenvalue weighted by molar-refractivity contribution is 5.97. The van der Waals surface area contributed by atoms with Crippen LogP contribution in [0.3, 0.4) is 0 Å². The fourth-order valence-corrected chi connectivity index (χ4v) is 6.45. The summed E-state index contributed by atoms with van der Waals surface area (Å²) in [6.07, 6.45) is 5.73. The van der Waals surface area contributed by atoms with Crippen molar-refractivity contribution < 1.29 is 23.5 Å². The van der Waals surface area contributed by atoms with Crippen LogP contribution in [-0.2, 0) is 21.5 Å². The number of benzene rings is 2. The predicted molar refractivity (Wildman–Crippen MR) is 160 cm³/mol. The molecule has 0 bridgehead atoms. The fourth-order valence-electron chi connectivity index (χ4n) is 6.45. The molecule has 1 unspecified atom stereocenters. The number of nitrogens with one attached hydrogen (secondary N) is 1. The lowest BCUT2D eigenvalue weighted by molar-refractivity contribution is -0.132. The van der Waals surface area contributed by atoms with Gasteiger partial charge in [0.2, 0.25) is 11.8 Å². The number of nitrogens with zero attached hydrogens (tertiary/aromatic N) is 1. The molecule has 4 N–H and O–H groups in total. The zero-order valence-electron chi connectivity index (χ0n) is 24.8. The van der Waals surface area contributed by atoms with Gasteiger partial charge in [-0.25, -0.2) is 8.78 Å². The van der Waals surface area contributed by atoms with Crippen LogP contribution in [0.1, 0.15) is 64.0 Å².